The number of methoxy groups -OCH3 is 1. The molecule has 0 aromatic heterocycles. The van der Waals surface area contributed by atoms with Gasteiger partial charge in [0.2, 0.25) is 0 Å². The monoisotopic (exact) mass is 266 g/mol. The van der Waals surface area contributed by atoms with Gasteiger partial charge in [-0.1, -0.05) is 24.6 Å². The zero-order chi connectivity index (χ0) is 14.6. The first kappa shape index (κ1) is 16.1. The predicted octanol–water partition coefficient (Wildman–Crippen LogP) is 2.89. The molecule has 0 amide bonds. The van der Waals surface area contributed by atoms with E-state index in [0.717, 1.165) is 5.57 Å². The molecule has 0 heterocycles. The SMILES string of the molecule is COC1(C)C=CC(C(C)CC(=O)C=C(C)C)CC1O. The van der Waals surface area contributed by atoms with Crippen molar-refractivity contribution in [3.8, 4) is 0 Å². The molecule has 1 aliphatic rings. The van der Waals surface area contributed by atoms with Gasteiger partial charge >= 0.3 is 0 Å². The van der Waals surface area contributed by atoms with Crippen LogP contribution in [-0.4, -0.2) is 29.7 Å². The molecule has 0 bridgehead atoms. The van der Waals surface area contributed by atoms with Crippen LogP contribution in [0.1, 0.15) is 40.5 Å². The van der Waals surface area contributed by atoms with E-state index in [1.54, 1.807) is 13.2 Å². The summed E-state index contributed by atoms with van der Waals surface area (Å²) in [7, 11) is 1.61. The highest BCUT2D eigenvalue weighted by Gasteiger charge is 2.36. The summed E-state index contributed by atoms with van der Waals surface area (Å²) in [6.07, 6.45) is 6.35. The molecule has 4 atom stereocenters. The van der Waals surface area contributed by atoms with Gasteiger partial charge in [-0.25, -0.2) is 0 Å². The maximum Gasteiger partial charge on any atom is 0.155 e. The first-order valence-electron chi connectivity index (χ1n) is 6.89. The number of carbonyl (C=O) groups excluding carboxylic acids is 1. The Balaban J connectivity index is 2.66. The smallest absolute Gasteiger partial charge is 0.155 e. The van der Waals surface area contributed by atoms with E-state index in [-0.39, 0.29) is 17.6 Å². The summed E-state index contributed by atoms with van der Waals surface area (Å²) in [6.45, 7) is 7.80. The van der Waals surface area contributed by atoms with Gasteiger partial charge in [0.1, 0.15) is 5.60 Å². The third kappa shape index (κ3) is 4.29. The maximum atomic E-state index is 11.8. The third-order valence-corrected chi connectivity index (χ3v) is 3.97. The van der Waals surface area contributed by atoms with Gasteiger partial charge in [0.05, 0.1) is 6.10 Å². The van der Waals surface area contributed by atoms with Crippen molar-refractivity contribution in [1.82, 2.24) is 0 Å². The largest absolute Gasteiger partial charge is 0.390 e. The molecule has 0 spiro atoms. The van der Waals surface area contributed by atoms with Crippen molar-refractivity contribution in [3.63, 3.8) is 0 Å². The van der Waals surface area contributed by atoms with Crippen LogP contribution in [0.15, 0.2) is 23.8 Å². The lowest BCUT2D eigenvalue weighted by atomic mass is 9.77. The second-order valence-electron chi connectivity index (χ2n) is 6.03. The van der Waals surface area contributed by atoms with Gasteiger partial charge in [-0.3, -0.25) is 4.79 Å². The average molecular weight is 266 g/mol. The van der Waals surface area contributed by atoms with Crippen molar-refractivity contribution >= 4 is 5.78 Å². The van der Waals surface area contributed by atoms with E-state index in [2.05, 4.69) is 13.0 Å². The fraction of sp³-hybridized carbons (Fsp3) is 0.688. The van der Waals surface area contributed by atoms with Crippen LogP contribution in [0.3, 0.4) is 0 Å². The van der Waals surface area contributed by atoms with Crippen molar-refractivity contribution < 1.29 is 14.6 Å². The van der Waals surface area contributed by atoms with E-state index < -0.39 is 11.7 Å². The summed E-state index contributed by atoms with van der Waals surface area (Å²) in [4.78, 5) is 11.8. The van der Waals surface area contributed by atoms with E-state index in [1.807, 2.05) is 26.8 Å². The molecule has 0 aromatic carbocycles. The van der Waals surface area contributed by atoms with Crippen LogP contribution in [0, 0.1) is 11.8 Å². The Hall–Kier alpha value is -0.930. The number of aliphatic hydroxyl groups excluding tert-OH is 1. The second-order valence-corrected chi connectivity index (χ2v) is 6.03. The molecule has 1 aliphatic carbocycles. The zero-order valence-electron chi connectivity index (χ0n) is 12.6. The normalized spacial score (nSPS) is 31.9. The lowest BCUT2D eigenvalue weighted by Crippen LogP contribution is -2.43. The summed E-state index contributed by atoms with van der Waals surface area (Å²) in [5.74, 6) is 0.624. The number of rotatable bonds is 5. The minimum atomic E-state index is -0.597. The van der Waals surface area contributed by atoms with Crippen molar-refractivity contribution in [3.05, 3.63) is 23.8 Å². The van der Waals surface area contributed by atoms with Gasteiger partial charge < -0.3 is 9.84 Å². The van der Waals surface area contributed by atoms with E-state index in [9.17, 15) is 9.90 Å². The molecule has 0 saturated heterocycles. The average Bonchev–Trinajstić information content (AvgIpc) is 2.31. The Morgan fingerprint density at radius 3 is 2.68 bits per heavy atom. The van der Waals surface area contributed by atoms with E-state index in [0.29, 0.717) is 12.8 Å². The summed E-state index contributed by atoms with van der Waals surface area (Å²) < 4.78 is 5.34. The van der Waals surface area contributed by atoms with Gasteiger partial charge in [-0.2, -0.15) is 0 Å². The molecule has 3 heteroatoms. The molecule has 0 saturated carbocycles. The lowest BCUT2D eigenvalue weighted by molar-refractivity contribution is -0.116. The molecular weight excluding hydrogens is 240 g/mol. The summed E-state index contributed by atoms with van der Waals surface area (Å²) in [5.41, 5.74) is 0.434. The van der Waals surface area contributed by atoms with E-state index >= 15 is 0 Å². The summed E-state index contributed by atoms with van der Waals surface area (Å²) in [5, 5.41) is 10.2. The number of hydrogen-bond acceptors (Lipinski definition) is 3. The van der Waals surface area contributed by atoms with Crippen molar-refractivity contribution in [1.29, 1.82) is 0 Å². The fourth-order valence-electron chi connectivity index (χ4n) is 2.47. The Morgan fingerprint density at radius 2 is 2.21 bits per heavy atom. The topological polar surface area (TPSA) is 46.5 Å². The third-order valence-electron chi connectivity index (χ3n) is 3.97. The Bertz CT molecular complexity index is 379. The quantitative estimate of drug-likeness (QED) is 0.615. The molecule has 0 aliphatic heterocycles. The number of carbonyl (C=O) groups is 1. The first-order valence-corrected chi connectivity index (χ1v) is 6.89. The molecule has 0 radical (unpaired) electrons. The second kappa shape index (κ2) is 6.49. The minimum absolute atomic E-state index is 0.162. The fourth-order valence-corrected chi connectivity index (χ4v) is 2.47. The molecule has 108 valence electrons. The van der Waals surface area contributed by atoms with Crippen molar-refractivity contribution in [2.75, 3.05) is 7.11 Å². The van der Waals surface area contributed by atoms with Crippen LogP contribution in [-0.2, 0) is 9.53 Å². The van der Waals surface area contributed by atoms with Gasteiger partial charge in [0.15, 0.2) is 5.78 Å². The van der Waals surface area contributed by atoms with Gasteiger partial charge in [0.25, 0.3) is 0 Å². The summed E-state index contributed by atoms with van der Waals surface area (Å²) in [6, 6.07) is 0. The standard InChI is InChI=1S/C16H26O3/c1-11(2)8-14(17)9-12(3)13-6-7-16(4,19-5)15(18)10-13/h6-8,12-13,15,18H,9-10H2,1-5H3. The Morgan fingerprint density at radius 1 is 1.58 bits per heavy atom. The van der Waals surface area contributed by atoms with Crippen molar-refractivity contribution in [2.45, 2.75) is 52.2 Å². The highest BCUT2D eigenvalue weighted by molar-refractivity contribution is 5.90. The molecular formula is C16H26O3. The molecule has 0 aromatic rings. The maximum absolute atomic E-state index is 11.8. The van der Waals surface area contributed by atoms with Gasteiger partial charge in [0, 0.05) is 13.5 Å². The van der Waals surface area contributed by atoms with Crippen LogP contribution < -0.4 is 0 Å². The molecule has 1 N–H and O–H groups in total. The number of aliphatic hydroxyl groups is 1. The van der Waals surface area contributed by atoms with Gasteiger partial charge in [-0.15, -0.1) is 0 Å². The van der Waals surface area contributed by atoms with Gasteiger partial charge in [-0.05, 0) is 45.1 Å². The van der Waals surface area contributed by atoms with E-state index in [4.69, 9.17) is 4.74 Å². The molecule has 4 unspecified atom stereocenters. The van der Waals surface area contributed by atoms with Crippen LogP contribution in [0.2, 0.25) is 0 Å². The number of ketones is 1. The van der Waals surface area contributed by atoms with Crippen molar-refractivity contribution in [2.24, 2.45) is 11.8 Å². The highest BCUT2D eigenvalue weighted by atomic mass is 16.5. The zero-order valence-corrected chi connectivity index (χ0v) is 12.6. The number of allylic oxidation sites excluding steroid dienone is 3. The molecule has 19 heavy (non-hydrogen) atoms. The van der Waals surface area contributed by atoms with Crippen LogP contribution in [0.5, 0.6) is 0 Å². The van der Waals surface area contributed by atoms with Crippen LogP contribution >= 0.6 is 0 Å². The first-order chi connectivity index (χ1) is 8.78. The molecule has 3 nitrogen and oxygen atoms in total. The van der Waals surface area contributed by atoms with Crippen LogP contribution in [0.4, 0.5) is 0 Å². The summed E-state index contributed by atoms with van der Waals surface area (Å²) >= 11 is 0. The number of ether oxygens (including phenoxy) is 1. The predicted molar refractivity (Wildman–Crippen MR) is 76.9 cm³/mol. The molecule has 0 fully saturated rings. The Kier molecular flexibility index (Phi) is 5.50. The van der Waals surface area contributed by atoms with E-state index in [1.165, 1.54) is 0 Å². The number of hydrogen-bond donors (Lipinski definition) is 1. The lowest BCUT2D eigenvalue weighted by Gasteiger charge is -2.37. The Labute approximate surface area is 116 Å². The molecule has 1 rings (SSSR count). The highest BCUT2D eigenvalue weighted by Crippen LogP contribution is 2.33. The van der Waals surface area contributed by atoms with Crippen LogP contribution in [0.25, 0.3) is 0 Å². The minimum Gasteiger partial charge on any atom is -0.390 e.